The number of aryl methyl sites for hydroxylation is 2. The molecule has 0 saturated heterocycles. The molecule has 28 heavy (non-hydrogen) atoms. The molecule has 0 fully saturated rings. The number of anilines is 1. The number of carbonyl (C=O) groups is 1. The zero-order valence-corrected chi connectivity index (χ0v) is 17.4. The van der Waals surface area contributed by atoms with E-state index in [1.54, 1.807) is 34.9 Å². The van der Waals surface area contributed by atoms with Gasteiger partial charge >= 0.3 is 0 Å². The lowest BCUT2D eigenvalue weighted by Gasteiger charge is -2.26. The van der Waals surface area contributed by atoms with E-state index in [9.17, 15) is 4.79 Å². The number of hydrogen-bond donors (Lipinski definition) is 0. The third-order valence-corrected chi connectivity index (χ3v) is 6.18. The summed E-state index contributed by atoms with van der Waals surface area (Å²) in [6.45, 7) is 9.24. The molecular formula is C22H24N2O3S. The maximum absolute atomic E-state index is 13.7. The second-order valence-electron chi connectivity index (χ2n) is 7.73. The van der Waals surface area contributed by atoms with Crippen LogP contribution in [-0.2, 0) is 0 Å². The number of ether oxygens (including phenoxy) is 2. The second kappa shape index (κ2) is 7.17. The van der Waals surface area contributed by atoms with Gasteiger partial charge in [0.25, 0.3) is 5.91 Å². The van der Waals surface area contributed by atoms with Crippen LogP contribution in [0.1, 0.15) is 35.3 Å². The lowest BCUT2D eigenvalue weighted by atomic mass is 10.1. The standard InChI is InChI=1S/C22H24N2O3S/c1-14-6-5-7-15(2)19(14)24(21-23-22(3,4)13-28-21)20(25)16-8-9-17-18(12-16)27-11-10-26-17/h5-9,12H,10-11,13H2,1-4H3. The van der Waals surface area contributed by atoms with Gasteiger partial charge in [0.2, 0.25) is 0 Å². The molecule has 0 N–H and O–H groups in total. The molecule has 2 aliphatic heterocycles. The van der Waals surface area contributed by atoms with Crippen LogP contribution in [0.15, 0.2) is 41.4 Å². The van der Waals surface area contributed by atoms with Gasteiger partial charge in [0.15, 0.2) is 16.7 Å². The van der Waals surface area contributed by atoms with Crippen molar-refractivity contribution in [3.8, 4) is 11.5 Å². The Hall–Kier alpha value is -2.47. The molecule has 0 atom stereocenters. The molecule has 2 heterocycles. The molecule has 0 aromatic heterocycles. The molecular weight excluding hydrogens is 372 g/mol. The summed E-state index contributed by atoms with van der Waals surface area (Å²) in [5.41, 5.74) is 3.34. The zero-order chi connectivity index (χ0) is 19.9. The Morgan fingerprint density at radius 3 is 2.39 bits per heavy atom. The topological polar surface area (TPSA) is 51.1 Å². The van der Waals surface area contributed by atoms with Crippen LogP contribution in [0.4, 0.5) is 5.69 Å². The third kappa shape index (κ3) is 3.49. The van der Waals surface area contributed by atoms with Crippen molar-refractivity contribution in [3.05, 3.63) is 53.1 Å². The van der Waals surface area contributed by atoms with E-state index in [0.717, 1.165) is 27.7 Å². The first kappa shape index (κ1) is 18.9. The van der Waals surface area contributed by atoms with Crippen LogP contribution < -0.4 is 14.4 Å². The van der Waals surface area contributed by atoms with E-state index >= 15 is 0 Å². The van der Waals surface area contributed by atoms with Gasteiger partial charge in [-0.2, -0.15) is 0 Å². The van der Waals surface area contributed by atoms with Crippen LogP contribution in [0.5, 0.6) is 11.5 Å². The third-order valence-electron chi connectivity index (χ3n) is 4.80. The Morgan fingerprint density at radius 1 is 1.07 bits per heavy atom. The Bertz CT molecular complexity index is 948. The van der Waals surface area contributed by atoms with Gasteiger partial charge in [-0.15, -0.1) is 0 Å². The van der Waals surface area contributed by atoms with Crippen molar-refractivity contribution >= 4 is 28.5 Å². The van der Waals surface area contributed by atoms with E-state index < -0.39 is 0 Å². The summed E-state index contributed by atoms with van der Waals surface area (Å²) < 4.78 is 11.3. The van der Waals surface area contributed by atoms with Crippen molar-refractivity contribution in [3.63, 3.8) is 0 Å². The zero-order valence-electron chi connectivity index (χ0n) is 16.6. The van der Waals surface area contributed by atoms with Crippen LogP contribution in [0.2, 0.25) is 0 Å². The molecule has 4 rings (SSSR count). The van der Waals surface area contributed by atoms with E-state index in [1.165, 1.54) is 0 Å². The summed E-state index contributed by atoms with van der Waals surface area (Å²) in [7, 11) is 0. The molecule has 2 aromatic carbocycles. The average molecular weight is 397 g/mol. The highest BCUT2D eigenvalue weighted by Gasteiger charge is 2.34. The number of amides is 1. The second-order valence-corrected chi connectivity index (χ2v) is 8.68. The maximum atomic E-state index is 13.7. The molecule has 0 spiro atoms. The predicted molar refractivity (Wildman–Crippen MR) is 114 cm³/mol. The summed E-state index contributed by atoms with van der Waals surface area (Å²) in [5, 5.41) is 0.738. The van der Waals surface area contributed by atoms with Crippen LogP contribution in [0.25, 0.3) is 0 Å². The number of para-hydroxylation sites is 1. The van der Waals surface area contributed by atoms with Crippen LogP contribution >= 0.6 is 11.8 Å². The normalized spacial score (nSPS) is 17.2. The minimum Gasteiger partial charge on any atom is -0.486 e. The maximum Gasteiger partial charge on any atom is 0.264 e. The Labute approximate surface area is 169 Å². The highest BCUT2D eigenvalue weighted by Crippen LogP contribution is 2.36. The number of amidine groups is 1. The molecule has 0 bridgehead atoms. The van der Waals surface area contributed by atoms with Gasteiger partial charge in [0.05, 0.1) is 11.2 Å². The van der Waals surface area contributed by atoms with E-state index in [0.29, 0.717) is 30.3 Å². The first-order valence-corrected chi connectivity index (χ1v) is 10.4. The first-order valence-electron chi connectivity index (χ1n) is 9.39. The lowest BCUT2D eigenvalue weighted by Crippen LogP contribution is -2.36. The number of fused-ring (bicyclic) bond motifs is 1. The van der Waals surface area contributed by atoms with Gasteiger partial charge in [-0.1, -0.05) is 30.0 Å². The van der Waals surface area contributed by atoms with Gasteiger partial charge in [0.1, 0.15) is 13.2 Å². The van der Waals surface area contributed by atoms with Crippen molar-refractivity contribution < 1.29 is 14.3 Å². The van der Waals surface area contributed by atoms with E-state index in [2.05, 4.69) is 13.8 Å². The van der Waals surface area contributed by atoms with Crippen molar-refractivity contribution in [1.29, 1.82) is 0 Å². The van der Waals surface area contributed by atoms with Crippen molar-refractivity contribution in [1.82, 2.24) is 0 Å². The molecule has 0 radical (unpaired) electrons. The Morgan fingerprint density at radius 2 is 1.75 bits per heavy atom. The molecule has 1 amide bonds. The van der Waals surface area contributed by atoms with Crippen LogP contribution in [0, 0.1) is 13.8 Å². The average Bonchev–Trinajstić information content (AvgIpc) is 3.03. The summed E-state index contributed by atoms with van der Waals surface area (Å²) in [4.78, 5) is 20.3. The SMILES string of the molecule is Cc1cccc(C)c1N(C(=O)c1ccc2c(c1)OCCO2)C1=NC(C)(C)CS1. The van der Waals surface area contributed by atoms with Crippen molar-refractivity contribution in [2.45, 2.75) is 33.2 Å². The highest BCUT2D eigenvalue weighted by molar-refractivity contribution is 8.14. The fourth-order valence-electron chi connectivity index (χ4n) is 3.43. The van der Waals surface area contributed by atoms with Crippen molar-refractivity contribution in [2.24, 2.45) is 4.99 Å². The molecule has 0 unspecified atom stereocenters. The van der Waals surface area contributed by atoms with E-state index in [1.807, 2.05) is 32.0 Å². The van der Waals surface area contributed by atoms with Gasteiger partial charge in [-0.25, -0.2) is 0 Å². The molecule has 6 heteroatoms. The van der Waals surface area contributed by atoms with Gasteiger partial charge in [0, 0.05) is 11.3 Å². The van der Waals surface area contributed by atoms with Crippen LogP contribution in [0.3, 0.4) is 0 Å². The molecule has 146 valence electrons. The predicted octanol–water partition coefficient (Wildman–Crippen LogP) is 4.60. The highest BCUT2D eigenvalue weighted by atomic mass is 32.2. The molecule has 2 aromatic rings. The fraction of sp³-hybridized carbons (Fsp3) is 0.364. The quantitative estimate of drug-likeness (QED) is 0.744. The summed E-state index contributed by atoms with van der Waals surface area (Å²) in [6.07, 6.45) is 0. The Kier molecular flexibility index (Phi) is 4.83. The van der Waals surface area contributed by atoms with Gasteiger partial charge < -0.3 is 9.47 Å². The van der Waals surface area contributed by atoms with Crippen molar-refractivity contribution in [2.75, 3.05) is 23.9 Å². The van der Waals surface area contributed by atoms with Crippen LogP contribution in [-0.4, -0.2) is 35.6 Å². The summed E-state index contributed by atoms with van der Waals surface area (Å²) in [6, 6.07) is 11.4. The number of benzene rings is 2. The molecule has 2 aliphatic rings. The Balaban J connectivity index is 1.81. The lowest BCUT2D eigenvalue weighted by molar-refractivity contribution is 0.100. The minimum atomic E-state index is -0.193. The molecule has 0 saturated carbocycles. The van der Waals surface area contributed by atoms with Gasteiger partial charge in [-0.3, -0.25) is 14.7 Å². The van der Waals surface area contributed by atoms with Gasteiger partial charge in [-0.05, 0) is 57.0 Å². The first-order chi connectivity index (χ1) is 13.4. The number of aliphatic imine (C=N–C) groups is 1. The fourth-order valence-corrected chi connectivity index (χ4v) is 4.59. The molecule has 0 aliphatic carbocycles. The monoisotopic (exact) mass is 396 g/mol. The summed E-state index contributed by atoms with van der Waals surface area (Å²) >= 11 is 1.62. The number of thioether (sulfide) groups is 1. The largest absolute Gasteiger partial charge is 0.486 e. The van der Waals surface area contributed by atoms with E-state index in [4.69, 9.17) is 14.5 Å². The minimum absolute atomic E-state index is 0.113. The number of carbonyl (C=O) groups excluding carboxylic acids is 1. The number of nitrogens with zero attached hydrogens (tertiary/aromatic N) is 2. The number of hydrogen-bond acceptors (Lipinski definition) is 5. The number of rotatable bonds is 2. The molecule has 5 nitrogen and oxygen atoms in total. The summed E-state index contributed by atoms with van der Waals surface area (Å²) in [5.74, 6) is 2.02. The smallest absolute Gasteiger partial charge is 0.264 e. The van der Waals surface area contributed by atoms with E-state index in [-0.39, 0.29) is 11.4 Å².